The Morgan fingerprint density at radius 2 is 2.00 bits per heavy atom. The fraction of sp³-hybridized carbons (Fsp3) is 0.714. The molecule has 0 aromatic heterocycles. The van der Waals surface area contributed by atoms with Crippen LogP contribution in [0.3, 0.4) is 0 Å². The van der Waals surface area contributed by atoms with Gasteiger partial charge in [-0.3, -0.25) is 0 Å². The van der Waals surface area contributed by atoms with E-state index in [1.807, 2.05) is 0 Å². The number of halogens is 1. The Morgan fingerprint density at radius 3 is 2.62 bits per heavy atom. The first-order chi connectivity index (χ1) is 7.62. The topological polar surface area (TPSA) is 26.0 Å². The van der Waals surface area contributed by atoms with E-state index in [0.717, 1.165) is 6.42 Å². The fourth-order valence-corrected chi connectivity index (χ4v) is 2.74. The number of rotatable bonds is 6. The second-order valence-electron chi connectivity index (χ2n) is 4.85. The summed E-state index contributed by atoms with van der Waals surface area (Å²) in [5, 5.41) is 0. The van der Waals surface area contributed by atoms with Gasteiger partial charge < -0.3 is 5.73 Å². The van der Waals surface area contributed by atoms with Crippen molar-refractivity contribution in [2.24, 2.45) is 11.7 Å². The molecule has 2 atom stereocenters. The quantitative estimate of drug-likeness (QED) is 0.762. The number of nitrogens with two attached hydrogens (primary N) is 1. The lowest BCUT2D eigenvalue weighted by Crippen LogP contribution is -2.45. The lowest BCUT2D eigenvalue weighted by atomic mass is 9.75. The van der Waals surface area contributed by atoms with E-state index >= 15 is 0 Å². The van der Waals surface area contributed by atoms with Crippen LogP contribution >= 0.6 is 15.9 Å². The lowest BCUT2D eigenvalue weighted by Gasteiger charge is -2.36. The Labute approximate surface area is 108 Å². The minimum absolute atomic E-state index is 0.109. The normalized spacial score (nSPS) is 29.2. The molecule has 2 unspecified atom stereocenters. The van der Waals surface area contributed by atoms with Gasteiger partial charge in [0.15, 0.2) is 0 Å². The SMILES string of the molecule is CCCCC1C=C(Br)C=CC1(N)CCCC. The van der Waals surface area contributed by atoms with E-state index in [1.165, 1.54) is 36.6 Å². The summed E-state index contributed by atoms with van der Waals surface area (Å²) in [6.45, 7) is 4.46. The van der Waals surface area contributed by atoms with Crippen molar-refractivity contribution >= 4 is 15.9 Å². The van der Waals surface area contributed by atoms with E-state index in [9.17, 15) is 0 Å². The van der Waals surface area contributed by atoms with E-state index in [1.54, 1.807) is 0 Å². The Bertz CT molecular complexity index is 270. The molecule has 16 heavy (non-hydrogen) atoms. The zero-order valence-corrected chi connectivity index (χ0v) is 12.1. The van der Waals surface area contributed by atoms with Crippen LogP contribution in [0.2, 0.25) is 0 Å². The molecule has 1 rings (SSSR count). The van der Waals surface area contributed by atoms with Crippen molar-refractivity contribution in [3.63, 3.8) is 0 Å². The van der Waals surface area contributed by atoms with Gasteiger partial charge in [0.05, 0.1) is 0 Å². The van der Waals surface area contributed by atoms with Crippen molar-refractivity contribution in [2.75, 3.05) is 0 Å². The zero-order valence-electron chi connectivity index (χ0n) is 10.5. The molecule has 92 valence electrons. The molecule has 0 aliphatic heterocycles. The average Bonchev–Trinajstić information content (AvgIpc) is 2.28. The van der Waals surface area contributed by atoms with Gasteiger partial charge in [-0.05, 0) is 18.8 Å². The van der Waals surface area contributed by atoms with Crippen molar-refractivity contribution < 1.29 is 0 Å². The molecule has 0 heterocycles. The highest BCUT2D eigenvalue weighted by molar-refractivity contribution is 9.11. The summed E-state index contributed by atoms with van der Waals surface area (Å²) in [5.74, 6) is 0.498. The summed E-state index contributed by atoms with van der Waals surface area (Å²) in [4.78, 5) is 0. The van der Waals surface area contributed by atoms with Crippen molar-refractivity contribution in [1.82, 2.24) is 0 Å². The van der Waals surface area contributed by atoms with Gasteiger partial charge in [-0.25, -0.2) is 0 Å². The summed E-state index contributed by atoms with van der Waals surface area (Å²) < 4.78 is 1.19. The van der Waals surface area contributed by atoms with Crippen molar-refractivity contribution in [3.05, 3.63) is 22.7 Å². The van der Waals surface area contributed by atoms with Gasteiger partial charge >= 0.3 is 0 Å². The Balaban J connectivity index is 2.68. The molecule has 2 heteroatoms. The largest absolute Gasteiger partial charge is 0.321 e. The third kappa shape index (κ3) is 3.74. The maximum absolute atomic E-state index is 6.54. The van der Waals surface area contributed by atoms with Crippen LogP contribution < -0.4 is 5.73 Å². The smallest absolute Gasteiger partial charge is 0.0406 e. The summed E-state index contributed by atoms with van der Waals surface area (Å²) in [5.41, 5.74) is 6.43. The third-order valence-corrected chi connectivity index (χ3v) is 3.96. The second-order valence-corrected chi connectivity index (χ2v) is 5.77. The lowest BCUT2D eigenvalue weighted by molar-refractivity contribution is 0.331. The predicted molar refractivity (Wildman–Crippen MR) is 75.6 cm³/mol. The van der Waals surface area contributed by atoms with Crippen LogP contribution in [0.25, 0.3) is 0 Å². The fourth-order valence-electron chi connectivity index (χ4n) is 2.29. The third-order valence-electron chi connectivity index (χ3n) is 3.44. The highest BCUT2D eigenvalue weighted by atomic mass is 79.9. The molecule has 0 radical (unpaired) electrons. The average molecular weight is 286 g/mol. The van der Waals surface area contributed by atoms with Crippen LogP contribution in [0.15, 0.2) is 22.7 Å². The van der Waals surface area contributed by atoms with Crippen molar-refractivity contribution in [3.8, 4) is 0 Å². The van der Waals surface area contributed by atoms with Crippen LogP contribution in [0.1, 0.15) is 52.4 Å². The van der Waals surface area contributed by atoms with Crippen molar-refractivity contribution in [1.29, 1.82) is 0 Å². The highest BCUT2D eigenvalue weighted by Gasteiger charge is 2.31. The molecular formula is C14H24BrN. The zero-order chi connectivity index (χ0) is 12.0. The number of hydrogen-bond donors (Lipinski definition) is 1. The van der Waals surface area contributed by atoms with Gasteiger partial charge in [-0.1, -0.05) is 73.7 Å². The van der Waals surface area contributed by atoms with Crippen LogP contribution in [0, 0.1) is 5.92 Å². The maximum Gasteiger partial charge on any atom is 0.0406 e. The molecule has 1 aliphatic carbocycles. The van der Waals surface area contributed by atoms with E-state index in [-0.39, 0.29) is 5.54 Å². The van der Waals surface area contributed by atoms with Crippen molar-refractivity contribution in [2.45, 2.75) is 57.9 Å². The standard InChI is InChI=1S/C14H24BrN/c1-3-5-7-12-11-13(15)8-10-14(12,16)9-6-4-2/h8,10-12H,3-7,9,16H2,1-2H3. The van der Waals surface area contributed by atoms with E-state index in [0.29, 0.717) is 5.92 Å². The molecule has 0 aromatic carbocycles. The monoisotopic (exact) mass is 285 g/mol. The van der Waals surface area contributed by atoms with Gasteiger partial charge in [0.25, 0.3) is 0 Å². The molecule has 2 N–H and O–H groups in total. The summed E-state index contributed by atoms with van der Waals surface area (Å²) in [7, 11) is 0. The molecule has 0 saturated carbocycles. The maximum atomic E-state index is 6.54. The first-order valence-corrected chi connectivity index (χ1v) is 7.27. The number of allylic oxidation sites excluding steroid dienone is 2. The van der Waals surface area contributed by atoms with E-state index in [4.69, 9.17) is 5.73 Å². The predicted octanol–water partition coefficient (Wildman–Crippen LogP) is 4.53. The summed E-state index contributed by atoms with van der Waals surface area (Å²) in [6.07, 6.45) is 13.9. The number of hydrogen-bond acceptors (Lipinski definition) is 1. The van der Waals surface area contributed by atoms with Crippen LogP contribution in [0.4, 0.5) is 0 Å². The molecule has 0 aromatic rings. The Morgan fingerprint density at radius 1 is 1.31 bits per heavy atom. The van der Waals surface area contributed by atoms with Crippen LogP contribution in [-0.2, 0) is 0 Å². The Kier molecular flexibility index (Phi) is 5.77. The summed E-state index contributed by atoms with van der Waals surface area (Å²) in [6, 6.07) is 0. The molecule has 1 aliphatic rings. The van der Waals surface area contributed by atoms with E-state index in [2.05, 4.69) is 48.0 Å². The minimum atomic E-state index is -0.109. The molecule has 0 spiro atoms. The molecule has 0 fully saturated rings. The first kappa shape index (κ1) is 14.0. The van der Waals surface area contributed by atoms with Gasteiger partial charge in [0.2, 0.25) is 0 Å². The minimum Gasteiger partial charge on any atom is -0.321 e. The van der Waals surface area contributed by atoms with Crippen LogP contribution in [-0.4, -0.2) is 5.54 Å². The van der Waals surface area contributed by atoms with Gasteiger partial charge in [-0.15, -0.1) is 0 Å². The summed E-state index contributed by atoms with van der Waals surface area (Å²) >= 11 is 3.56. The molecular weight excluding hydrogens is 262 g/mol. The van der Waals surface area contributed by atoms with Crippen LogP contribution in [0.5, 0.6) is 0 Å². The highest BCUT2D eigenvalue weighted by Crippen LogP contribution is 2.34. The van der Waals surface area contributed by atoms with Gasteiger partial charge in [0, 0.05) is 10.0 Å². The Hall–Kier alpha value is -0.0800. The van der Waals surface area contributed by atoms with E-state index < -0.39 is 0 Å². The van der Waals surface area contributed by atoms with Gasteiger partial charge in [0.1, 0.15) is 0 Å². The molecule has 0 bridgehead atoms. The number of unbranched alkanes of at least 4 members (excludes halogenated alkanes) is 2. The molecule has 1 nitrogen and oxygen atoms in total. The molecule has 0 amide bonds. The van der Waals surface area contributed by atoms with Gasteiger partial charge in [-0.2, -0.15) is 0 Å². The first-order valence-electron chi connectivity index (χ1n) is 6.48. The second kappa shape index (κ2) is 6.61. The molecule has 0 saturated heterocycles.